The minimum absolute atomic E-state index is 0.0776. The highest BCUT2D eigenvalue weighted by Crippen LogP contribution is 2.36. The number of carbonyl (C=O) groups is 1. The largest absolute Gasteiger partial charge is 0.547 e. The Morgan fingerprint density at radius 1 is 1.11 bits per heavy atom. The third kappa shape index (κ3) is 4.63. The predicted octanol–water partition coefficient (Wildman–Crippen LogP) is 0.435. The van der Waals surface area contributed by atoms with Gasteiger partial charge in [-0.25, -0.2) is 9.36 Å². The molecule has 0 amide bonds. The lowest BCUT2D eigenvalue weighted by atomic mass is 9.81. The van der Waals surface area contributed by atoms with Gasteiger partial charge in [-0.2, -0.15) is 0 Å². The summed E-state index contributed by atoms with van der Waals surface area (Å²) >= 11 is 0. The Bertz CT molecular complexity index is 1330. The van der Waals surface area contributed by atoms with Crippen LogP contribution in [0.4, 0.5) is 0 Å². The number of carbonyl (C=O) groups excluding carboxylic acids is 1. The smallest absolute Gasteiger partial charge is 0.333 e. The van der Waals surface area contributed by atoms with E-state index in [2.05, 4.69) is 0 Å². The lowest BCUT2D eigenvalue weighted by Crippen LogP contribution is -2.70. The van der Waals surface area contributed by atoms with Crippen LogP contribution in [0.1, 0.15) is 29.9 Å². The molecule has 0 bridgehead atoms. The molecule has 0 spiro atoms. The molecule has 1 unspecified atom stereocenters. The van der Waals surface area contributed by atoms with E-state index in [0.717, 1.165) is 27.8 Å². The molecule has 10 nitrogen and oxygen atoms in total. The van der Waals surface area contributed by atoms with Crippen LogP contribution in [0.2, 0.25) is 0 Å². The van der Waals surface area contributed by atoms with E-state index in [4.69, 9.17) is 14.2 Å². The van der Waals surface area contributed by atoms with Crippen molar-refractivity contribution in [2.24, 2.45) is 0 Å². The SMILES string of the molecule is Cc1cn(C(C)(C(=O)[O-])C2(O)COC(c3ccccc3)OC2)c(=O)n(COCc2ccccc2)c1=O. The molecule has 1 aliphatic rings. The van der Waals surface area contributed by atoms with Gasteiger partial charge in [0.2, 0.25) is 0 Å². The van der Waals surface area contributed by atoms with Crippen LogP contribution in [0.25, 0.3) is 0 Å². The standard InChI is InChI=1S/C26H28N2O8/c1-18-13-28(24(32)27(21(18)29)17-34-14-19-9-5-3-6-10-19)25(2,23(30)31)26(33)15-35-22(36-16-26)20-11-7-4-8-12-20/h3-13,22,33H,14-17H2,1-2H3,(H,30,31)/p-1. The fourth-order valence-electron chi connectivity index (χ4n) is 4.11. The third-order valence-corrected chi connectivity index (χ3v) is 6.48. The molecule has 1 aromatic heterocycles. The van der Waals surface area contributed by atoms with Crippen LogP contribution in [0.15, 0.2) is 76.4 Å². The Balaban J connectivity index is 1.65. The number of aliphatic carboxylic acids is 1. The van der Waals surface area contributed by atoms with E-state index >= 15 is 0 Å². The molecule has 1 saturated heterocycles. The Morgan fingerprint density at radius 2 is 1.69 bits per heavy atom. The quantitative estimate of drug-likeness (QED) is 0.476. The molecule has 1 aliphatic heterocycles. The maximum absolute atomic E-state index is 13.4. The molecule has 0 saturated carbocycles. The first-order chi connectivity index (χ1) is 17.2. The Labute approximate surface area is 206 Å². The highest BCUT2D eigenvalue weighted by Gasteiger charge is 2.54. The van der Waals surface area contributed by atoms with Gasteiger partial charge in [0.15, 0.2) is 6.29 Å². The van der Waals surface area contributed by atoms with Crippen molar-refractivity contribution in [1.82, 2.24) is 9.13 Å². The fourth-order valence-corrected chi connectivity index (χ4v) is 4.11. The van der Waals surface area contributed by atoms with Crippen molar-refractivity contribution in [3.8, 4) is 0 Å². The number of aryl methyl sites for hydroxylation is 1. The van der Waals surface area contributed by atoms with Gasteiger partial charge in [0.25, 0.3) is 5.56 Å². The monoisotopic (exact) mass is 495 g/mol. The Kier molecular flexibility index (Phi) is 7.23. The predicted molar refractivity (Wildman–Crippen MR) is 126 cm³/mol. The number of hydrogen-bond acceptors (Lipinski definition) is 8. The lowest BCUT2D eigenvalue weighted by Gasteiger charge is -2.49. The van der Waals surface area contributed by atoms with Gasteiger partial charge >= 0.3 is 5.69 Å². The summed E-state index contributed by atoms with van der Waals surface area (Å²) in [4.78, 5) is 38.6. The number of carboxylic acid groups (broad SMARTS) is 1. The molecule has 1 atom stereocenters. The average Bonchev–Trinajstić information content (AvgIpc) is 2.89. The maximum Gasteiger partial charge on any atom is 0.333 e. The maximum atomic E-state index is 13.4. The van der Waals surface area contributed by atoms with E-state index in [0.29, 0.717) is 5.56 Å². The highest BCUT2D eigenvalue weighted by molar-refractivity contribution is 5.76. The first kappa shape index (κ1) is 25.5. The fraction of sp³-hybridized carbons (Fsp3) is 0.346. The normalized spacial score (nSPS) is 21.6. The molecule has 4 rings (SSSR count). The van der Waals surface area contributed by atoms with E-state index in [9.17, 15) is 24.6 Å². The average molecular weight is 496 g/mol. The molecular formula is C26H27N2O8-. The van der Waals surface area contributed by atoms with Crippen molar-refractivity contribution in [1.29, 1.82) is 0 Å². The third-order valence-electron chi connectivity index (χ3n) is 6.48. The first-order valence-corrected chi connectivity index (χ1v) is 11.3. The summed E-state index contributed by atoms with van der Waals surface area (Å²) in [5.74, 6) is -1.74. The summed E-state index contributed by atoms with van der Waals surface area (Å²) in [5.41, 5.74) is -4.56. The topological polar surface area (TPSA) is 132 Å². The zero-order valence-corrected chi connectivity index (χ0v) is 20.0. The zero-order valence-electron chi connectivity index (χ0n) is 20.0. The summed E-state index contributed by atoms with van der Waals surface area (Å²) in [6, 6.07) is 18.1. The summed E-state index contributed by atoms with van der Waals surface area (Å²) in [6.45, 7) is 1.35. The Hall–Kier alpha value is -3.57. The van der Waals surface area contributed by atoms with E-state index in [-0.39, 0.29) is 12.2 Å². The lowest BCUT2D eigenvalue weighted by molar-refractivity contribution is -0.340. The molecule has 2 aromatic carbocycles. The molecule has 1 fully saturated rings. The Morgan fingerprint density at radius 3 is 2.28 bits per heavy atom. The molecule has 1 N–H and O–H groups in total. The number of carboxylic acids is 1. The van der Waals surface area contributed by atoms with Crippen molar-refractivity contribution < 1.29 is 29.2 Å². The van der Waals surface area contributed by atoms with Gasteiger partial charge in [0.05, 0.1) is 25.8 Å². The van der Waals surface area contributed by atoms with Gasteiger partial charge in [0.1, 0.15) is 17.9 Å². The summed E-state index contributed by atoms with van der Waals surface area (Å²) in [6.07, 6.45) is 0.270. The summed E-state index contributed by atoms with van der Waals surface area (Å²) in [5, 5.41) is 23.9. The molecule has 36 heavy (non-hydrogen) atoms. The summed E-state index contributed by atoms with van der Waals surface area (Å²) < 4.78 is 18.4. The van der Waals surface area contributed by atoms with Crippen LogP contribution in [-0.2, 0) is 37.9 Å². The number of benzene rings is 2. The second-order valence-corrected chi connectivity index (χ2v) is 8.92. The van der Waals surface area contributed by atoms with Gasteiger partial charge in [-0.1, -0.05) is 60.7 Å². The molecule has 2 heterocycles. The minimum atomic E-state index is -2.34. The number of aromatic nitrogens is 2. The molecule has 10 heteroatoms. The van der Waals surface area contributed by atoms with E-state index in [1.54, 1.807) is 24.3 Å². The molecule has 190 valence electrons. The van der Waals surface area contributed by atoms with Gasteiger partial charge in [-0.3, -0.25) is 9.36 Å². The number of aliphatic hydroxyl groups is 1. The number of ether oxygens (including phenoxy) is 3. The van der Waals surface area contributed by atoms with E-state index in [1.807, 2.05) is 36.4 Å². The number of nitrogens with zero attached hydrogens (tertiary/aromatic N) is 2. The van der Waals surface area contributed by atoms with E-state index in [1.165, 1.54) is 6.92 Å². The van der Waals surface area contributed by atoms with Crippen molar-refractivity contribution >= 4 is 5.97 Å². The van der Waals surface area contributed by atoms with Gasteiger partial charge in [-0.05, 0) is 19.4 Å². The summed E-state index contributed by atoms with van der Waals surface area (Å²) in [7, 11) is 0. The van der Waals surface area contributed by atoms with Crippen LogP contribution >= 0.6 is 0 Å². The van der Waals surface area contributed by atoms with Crippen molar-refractivity contribution in [3.05, 3.63) is 104 Å². The minimum Gasteiger partial charge on any atom is -0.547 e. The van der Waals surface area contributed by atoms with E-state index < -0.39 is 54.6 Å². The number of rotatable bonds is 8. The van der Waals surface area contributed by atoms with Crippen molar-refractivity contribution in [3.63, 3.8) is 0 Å². The first-order valence-electron chi connectivity index (χ1n) is 11.3. The van der Waals surface area contributed by atoms with Gasteiger partial charge < -0.3 is 29.2 Å². The second kappa shape index (κ2) is 10.2. The van der Waals surface area contributed by atoms with Gasteiger partial charge in [0, 0.05) is 17.3 Å². The highest BCUT2D eigenvalue weighted by atomic mass is 16.7. The van der Waals surface area contributed by atoms with Crippen LogP contribution in [0, 0.1) is 6.92 Å². The zero-order chi connectivity index (χ0) is 25.9. The second-order valence-electron chi connectivity index (χ2n) is 8.92. The van der Waals surface area contributed by atoms with Crippen LogP contribution in [-0.4, -0.2) is 39.0 Å². The van der Waals surface area contributed by atoms with Crippen LogP contribution in [0.3, 0.4) is 0 Å². The van der Waals surface area contributed by atoms with Crippen LogP contribution < -0.4 is 16.4 Å². The van der Waals surface area contributed by atoms with Gasteiger partial charge in [-0.15, -0.1) is 0 Å². The molecular weight excluding hydrogens is 468 g/mol. The van der Waals surface area contributed by atoms with Crippen LogP contribution in [0.5, 0.6) is 0 Å². The number of hydrogen-bond donors (Lipinski definition) is 1. The molecule has 0 aliphatic carbocycles. The molecule has 0 radical (unpaired) electrons. The molecule has 3 aromatic rings. The van der Waals surface area contributed by atoms with Crippen molar-refractivity contribution in [2.75, 3.05) is 13.2 Å². The van der Waals surface area contributed by atoms with Crippen molar-refractivity contribution in [2.45, 2.75) is 44.6 Å².